The first-order valence-corrected chi connectivity index (χ1v) is 4.94. The molecule has 0 bridgehead atoms. The van der Waals surface area contributed by atoms with Crippen LogP contribution in [0.3, 0.4) is 0 Å². The molecule has 0 amide bonds. The van der Waals surface area contributed by atoms with Crippen LogP contribution in [0.15, 0.2) is 6.20 Å². The van der Waals surface area contributed by atoms with E-state index in [-0.39, 0.29) is 0 Å². The highest BCUT2D eigenvalue weighted by Crippen LogP contribution is 2.39. The smallest absolute Gasteiger partial charge is 0.481 e. The zero-order valence-corrected chi connectivity index (χ0v) is 9.73. The molecule has 0 unspecified atom stereocenters. The Kier molecular flexibility index (Phi) is 4.60. The molecule has 12 heteroatoms. The Balaban J connectivity index is 3.53. The Morgan fingerprint density at radius 2 is 2.05 bits per heavy atom. The molecule has 0 saturated carbocycles. The lowest BCUT2D eigenvalue weighted by molar-refractivity contribution is -0.390. The van der Waals surface area contributed by atoms with E-state index in [9.17, 15) is 36.9 Å². The van der Waals surface area contributed by atoms with Gasteiger partial charge in [0.1, 0.15) is 5.56 Å². The molecule has 0 aliphatic rings. The number of nitrogens with zero attached hydrogens (tertiary/aromatic N) is 2. The SMILES string of the molecule is O=C(O)Cc1cnc(OC(F)(F)F)c([N+](=O)[O-])c1C(F)F. The molecule has 1 aromatic rings. The number of halogens is 5. The van der Waals surface area contributed by atoms with Crippen LogP contribution in [0.2, 0.25) is 0 Å². The molecule has 1 aromatic heterocycles. The van der Waals surface area contributed by atoms with E-state index in [0.29, 0.717) is 6.20 Å². The van der Waals surface area contributed by atoms with Crippen LogP contribution in [-0.2, 0) is 11.2 Å². The lowest BCUT2D eigenvalue weighted by Crippen LogP contribution is -2.20. The first kappa shape index (κ1) is 16.5. The molecule has 7 nitrogen and oxygen atoms in total. The highest BCUT2D eigenvalue weighted by molar-refractivity contribution is 5.72. The number of hydrogen-bond acceptors (Lipinski definition) is 5. The van der Waals surface area contributed by atoms with E-state index in [1.165, 1.54) is 0 Å². The fraction of sp³-hybridized carbons (Fsp3) is 0.333. The number of hydrogen-bond donors (Lipinski definition) is 1. The summed E-state index contributed by atoms with van der Waals surface area (Å²) in [6.45, 7) is 0. The number of aromatic nitrogens is 1. The van der Waals surface area contributed by atoms with Crippen LogP contribution in [0.4, 0.5) is 27.6 Å². The third kappa shape index (κ3) is 4.22. The molecule has 0 fully saturated rings. The number of alkyl halides is 5. The standard InChI is InChI=1S/C9H5F5N2O5/c10-7(11)5-3(1-4(17)18)2-15-8(6(5)16(19)20)21-9(12,13)14/h2,7H,1H2,(H,17,18). The predicted molar refractivity (Wildman–Crippen MR) is 53.9 cm³/mol. The van der Waals surface area contributed by atoms with Crippen molar-refractivity contribution in [3.8, 4) is 5.88 Å². The van der Waals surface area contributed by atoms with Crippen LogP contribution in [-0.4, -0.2) is 27.3 Å². The Morgan fingerprint density at radius 3 is 2.43 bits per heavy atom. The molecule has 0 aliphatic carbocycles. The van der Waals surface area contributed by atoms with Gasteiger partial charge >= 0.3 is 23.9 Å². The lowest BCUT2D eigenvalue weighted by atomic mass is 10.1. The monoisotopic (exact) mass is 316 g/mol. The fourth-order valence-electron chi connectivity index (χ4n) is 1.44. The number of pyridine rings is 1. The maximum Gasteiger partial charge on any atom is 0.574 e. The van der Waals surface area contributed by atoms with Gasteiger partial charge in [0, 0.05) is 6.20 Å². The molecule has 21 heavy (non-hydrogen) atoms. The van der Waals surface area contributed by atoms with Crippen molar-refractivity contribution in [1.29, 1.82) is 0 Å². The van der Waals surface area contributed by atoms with E-state index in [1.54, 1.807) is 0 Å². The quantitative estimate of drug-likeness (QED) is 0.508. The largest absolute Gasteiger partial charge is 0.574 e. The topological polar surface area (TPSA) is 103 Å². The Morgan fingerprint density at radius 1 is 1.48 bits per heavy atom. The average Bonchev–Trinajstić information content (AvgIpc) is 2.27. The fourth-order valence-corrected chi connectivity index (χ4v) is 1.44. The molecular formula is C9H5F5N2O5. The molecule has 1 rings (SSSR count). The van der Waals surface area contributed by atoms with Crippen molar-refractivity contribution < 1.29 is 41.5 Å². The van der Waals surface area contributed by atoms with Crippen molar-refractivity contribution in [3.05, 3.63) is 27.4 Å². The zero-order valence-electron chi connectivity index (χ0n) is 9.73. The second kappa shape index (κ2) is 5.85. The molecular weight excluding hydrogens is 311 g/mol. The first-order valence-electron chi connectivity index (χ1n) is 4.94. The van der Waals surface area contributed by atoms with Gasteiger partial charge in [-0.1, -0.05) is 0 Å². The summed E-state index contributed by atoms with van der Waals surface area (Å²) in [5.74, 6) is -3.30. The van der Waals surface area contributed by atoms with Crippen molar-refractivity contribution in [2.24, 2.45) is 0 Å². The van der Waals surface area contributed by atoms with Crippen LogP contribution < -0.4 is 4.74 Å². The van der Waals surface area contributed by atoms with Gasteiger partial charge in [-0.2, -0.15) is 0 Å². The van der Waals surface area contributed by atoms with Gasteiger partial charge in [0.2, 0.25) is 0 Å². The van der Waals surface area contributed by atoms with Crippen LogP contribution in [0.1, 0.15) is 17.6 Å². The van der Waals surface area contributed by atoms with E-state index in [1.807, 2.05) is 0 Å². The van der Waals surface area contributed by atoms with Gasteiger partial charge in [-0.05, 0) is 5.56 Å². The van der Waals surface area contributed by atoms with E-state index in [2.05, 4.69) is 9.72 Å². The third-order valence-electron chi connectivity index (χ3n) is 2.10. The van der Waals surface area contributed by atoms with Crippen molar-refractivity contribution >= 4 is 11.7 Å². The summed E-state index contributed by atoms with van der Waals surface area (Å²) in [5.41, 5.74) is -3.98. The van der Waals surface area contributed by atoms with Crippen molar-refractivity contribution in [1.82, 2.24) is 4.98 Å². The van der Waals surface area contributed by atoms with E-state index >= 15 is 0 Å². The first-order chi connectivity index (χ1) is 9.53. The number of carbonyl (C=O) groups is 1. The number of ether oxygens (including phenoxy) is 1. The van der Waals surface area contributed by atoms with E-state index in [4.69, 9.17) is 5.11 Å². The van der Waals surface area contributed by atoms with Gasteiger partial charge in [-0.25, -0.2) is 13.8 Å². The van der Waals surface area contributed by atoms with E-state index < -0.39 is 52.8 Å². The molecule has 0 saturated heterocycles. The molecule has 1 heterocycles. The van der Waals surface area contributed by atoms with Gasteiger partial charge in [-0.15, -0.1) is 13.2 Å². The second-order valence-corrected chi connectivity index (χ2v) is 3.53. The summed E-state index contributed by atoms with van der Waals surface area (Å²) in [6, 6.07) is 0. The van der Waals surface area contributed by atoms with Gasteiger partial charge in [0.15, 0.2) is 0 Å². The summed E-state index contributed by atoms with van der Waals surface area (Å²) in [6.07, 6.45) is -9.67. The average molecular weight is 316 g/mol. The maximum absolute atomic E-state index is 12.8. The van der Waals surface area contributed by atoms with Crippen LogP contribution in [0.25, 0.3) is 0 Å². The molecule has 0 aliphatic heterocycles. The lowest BCUT2D eigenvalue weighted by Gasteiger charge is -2.12. The number of carboxylic acids is 1. The normalized spacial score (nSPS) is 11.5. The van der Waals surface area contributed by atoms with Gasteiger partial charge < -0.3 is 9.84 Å². The Bertz CT molecular complexity index is 574. The van der Waals surface area contributed by atoms with Crippen LogP contribution in [0, 0.1) is 10.1 Å². The maximum atomic E-state index is 12.8. The minimum absolute atomic E-state index is 0.365. The summed E-state index contributed by atoms with van der Waals surface area (Å²) in [7, 11) is 0. The molecule has 0 radical (unpaired) electrons. The highest BCUT2D eigenvalue weighted by atomic mass is 19.4. The second-order valence-electron chi connectivity index (χ2n) is 3.53. The number of nitro groups is 1. The summed E-state index contributed by atoms with van der Waals surface area (Å²) in [5, 5.41) is 19.2. The molecule has 0 aromatic carbocycles. The van der Waals surface area contributed by atoms with Crippen LogP contribution in [0.5, 0.6) is 5.88 Å². The Labute approximate surface area is 112 Å². The summed E-state index contributed by atoms with van der Waals surface area (Å²) >= 11 is 0. The molecule has 0 spiro atoms. The van der Waals surface area contributed by atoms with Gasteiger partial charge in [0.25, 0.3) is 6.43 Å². The number of carboxylic acid groups (broad SMARTS) is 1. The van der Waals surface area contributed by atoms with E-state index in [0.717, 1.165) is 0 Å². The van der Waals surface area contributed by atoms with Crippen LogP contribution >= 0.6 is 0 Å². The van der Waals surface area contributed by atoms with Crippen molar-refractivity contribution in [3.63, 3.8) is 0 Å². The summed E-state index contributed by atoms with van der Waals surface area (Å²) in [4.78, 5) is 22.6. The zero-order chi connectivity index (χ0) is 16.4. The predicted octanol–water partition coefficient (Wildman–Crippen LogP) is 2.45. The molecule has 1 N–H and O–H groups in total. The van der Waals surface area contributed by atoms with Crippen molar-refractivity contribution in [2.75, 3.05) is 0 Å². The molecule has 116 valence electrons. The minimum Gasteiger partial charge on any atom is -0.481 e. The molecule has 0 atom stereocenters. The van der Waals surface area contributed by atoms with Crippen molar-refractivity contribution in [2.45, 2.75) is 19.2 Å². The number of rotatable bonds is 5. The highest BCUT2D eigenvalue weighted by Gasteiger charge is 2.39. The Hall–Kier alpha value is -2.53. The summed E-state index contributed by atoms with van der Waals surface area (Å²) < 4.78 is 65.1. The number of aliphatic carboxylic acids is 1. The van der Waals surface area contributed by atoms with Gasteiger partial charge in [-0.3, -0.25) is 14.9 Å². The van der Waals surface area contributed by atoms with Gasteiger partial charge in [0.05, 0.1) is 11.3 Å². The minimum atomic E-state index is -5.38. The third-order valence-corrected chi connectivity index (χ3v) is 2.10.